The van der Waals surface area contributed by atoms with Crippen molar-refractivity contribution < 1.29 is 9.32 Å². The molecule has 0 aliphatic rings. The molecule has 0 unspecified atom stereocenters. The molecule has 0 aliphatic heterocycles. The fourth-order valence-corrected chi connectivity index (χ4v) is 4.23. The van der Waals surface area contributed by atoms with Gasteiger partial charge in [0.1, 0.15) is 5.69 Å². The SMILES string of the molecule is N=c1n(CC(=O)c2cc(-c3ccc(Cl)c(Cl)c3)no2)c2ccccc2n1Cc1ccc(Cl)cc1. The molecule has 0 radical (unpaired) electrons. The molecule has 170 valence electrons. The third-order valence-electron chi connectivity index (χ3n) is 5.53. The van der Waals surface area contributed by atoms with Crippen LogP contribution in [0.4, 0.5) is 0 Å². The van der Waals surface area contributed by atoms with Crippen molar-refractivity contribution in [2.24, 2.45) is 0 Å². The van der Waals surface area contributed by atoms with Crippen molar-refractivity contribution >= 4 is 51.6 Å². The zero-order valence-electron chi connectivity index (χ0n) is 17.6. The summed E-state index contributed by atoms with van der Waals surface area (Å²) in [6.45, 7) is 0.407. The highest BCUT2D eigenvalue weighted by Crippen LogP contribution is 2.28. The van der Waals surface area contributed by atoms with Crippen molar-refractivity contribution in [3.63, 3.8) is 0 Å². The van der Waals surface area contributed by atoms with E-state index in [-0.39, 0.29) is 23.7 Å². The Morgan fingerprint density at radius 2 is 1.59 bits per heavy atom. The van der Waals surface area contributed by atoms with E-state index < -0.39 is 0 Å². The smallest absolute Gasteiger partial charge is 0.220 e. The maximum atomic E-state index is 13.1. The molecule has 3 aromatic carbocycles. The van der Waals surface area contributed by atoms with E-state index in [0.717, 1.165) is 16.6 Å². The molecule has 0 saturated carbocycles. The first-order valence-corrected chi connectivity index (χ1v) is 11.5. The second kappa shape index (κ2) is 9.14. The molecule has 2 aromatic heterocycles. The van der Waals surface area contributed by atoms with Crippen molar-refractivity contribution in [1.29, 1.82) is 5.41 Å². The highest BCUT2D eigenvalue weighted by molar-refractivity contribution is 6.42. The minimum atomic E-state index is -0.299. The Kier molecular flexibility index (Phi) is 6.04. The molecule has 0 saturated heterocycles. The lowest BCUT2D eigenvalue weighted by Crippen LogP contribution is -2.27. The van der Waals surface area contributed by atoms with Gasteiger partial charge in [-0.1, -0.05) is 70.3 Å². The summed E-state index contributed by atoms with van der Waals surface area (Å²) in [4.78, 5) is 13.1. The zero-order chi connectivity index (χ0) is 23.8. The summed E-state index contributed by atoms with van der Waals surface area (Å²) in [5.41, 5.74) is 3.99. The maximum Gasteiger partial charge on any atom is 0.220 e. The number of nitrogens with zero attached hydrogens (tertiary/aromatic N) is 3. The van der Waals surface area contributed by atoms with Crippen molar-refractivity contribution in [2.45, 2.75) is 13.1 Å². The van der Waals surface area contributed by atoms with E-state index in [0.29, 0.717) is 32.9 Å². The molecule has 0 bridgehead atoms. The predicted molar refractivity (Wildman–Crippen MR) is 133 cm³/mol. The molecule has 6 nitrogen and oxygen atoms in total. The number of aromatic nitrogens is 3. The Morgan fingerprint density at radius 3 is 2.29 bits per heavy atom. The number of rotatable bonds is 6. The second-order valence-corrected chi connectivity index (χ2v) is 8.99. The van der Waals surface area contributed by atoms with Crippen LogP contribution < -0.4 is 5.62 Å². The van der Waals surface area contributed by atoms with Gasteiger partial charge in [0.25, 0.3) is 0 Å². The summed E-state index contributed by atoms with van der Waals surface area (Å²) in [6, 6.07) is 21.7. The third-order valence-corrected chi connectivity index (χ3v) is 6.52. The molecule has 2 heterocycles. The topological polar surface area (TPSA) is 76.8 Å². The summed E-state index contributed by atoms with van der Waals surface area (Å²) < 4.78 is 8.84. The van der Waals surface area contributed by atoms with E-state index in [2.05, 4.69) is 5.16 Å². The number of ketones is 1. The van der Waals surface area contributed by atoms with Crippen LogP contribution in [0.1, 0.15) is 16.1 Å². The monoisotopic (exact) mass is 510 g/mol. The van der Waals surface area contributed by atoms with Gasteiger partial charge >= 0.3 is 0 Å². The van der Waals surface area contributed by atoms with Crippen molar-refractivity contribution in [3.8, 4) is 11.3 Å². The van der Waals surface area contributed by atoms with E-state index in [1.54, 1.807) is 28.8 Å². The van der Waals surface area contributed by atoms with Gasteiger partial charge in [-0.2, -0.15) is 0 Å². The van der Waals surface area contributed by atoms with E-state index in [1.165, 1.54) is 0 Å². The summed E-state index contributed by atoms with van der Waals surface area (Å²) >= 11 is 18.1. The van der Waals surface area contributed by atoms with Crippen LogP contribution in [-0.4, -0.2) is 20.1 Å². The van der Waals surface area contributed by atoms with E-state index >= 15 is 0 Å². The van der Waals surface area contributed by atoms with Crippen molar-refractivity contribution in [1.82, 2.24) is 14.3 Å². The van der Waals surface area contributed by atoms with Crippen LogP contribution in [0.15, 0.2) is 77.3 Å². The minimum Gasteiger partial charge on any atom is -0.352 e. The Bertz CT molecular complexity index is 1580. The number of hydrogen-bond acceptors (Lipinski definition) is 4. The average molecular weight is 512 g/mol. The van der Waals surface area contributed by atoms with Crippen molar-refractivity contribution in [2.75, 3.05) is 0 Å². The van der Waals surface area contributed by atoms with Gasteiger partial charge in [-0.25, -0.2) is 0 Å². The fraction of sp³-hybridized carbons (Fsp3) is 0.0800. The standard InChI is InChI=1S/C25H17Cl3N4O2/c26-17-8-5-15(6-9-17)13-31-21-3-1-2-4-22(21)32(25(31)29)14-23(33)24-12-20(30-34-24)16-7-10-18(27)19(28)11-16/h1-12,29H,13-14H2. The van der Waals surface area contributed by atoms with E-state index in [9.17, 15) is 4.79 Å². The maximum absolute atomic E-state index is 13.1. The van der Waals surface area contributed by atoms with Crippen LogP contribution in [0.3, 0.4) is 0 Å². The predicted octanol–water partition coefficient (Wildman–Crippen LogP) is 6.47. The molecule has 0 spiro atoms. The lowest BCUT2D eigenvalue weighted by atomic mass is 10.1. The number of halogens is 3. The number of Topliss-reactive ketones (excluding diaryl/α,β-unsaturated/α-hetero) is 1. The number of fused-ring (bicyclic) bond motifs is 1. The lowest BCUT2D eigenvalue weighted by Gasteiger charge is -2.05. The molecular weight excluding hydrogens is 495 g/mol. The van der Waals surface area contributed by atoms with Crippen LogP contribution in [-0.2, 0) is 13.1 Å². The number of nitrogens with one attached hydrogen (secondary N) is 1. The molecule has 0 atom stereocenters. The molecule has 34 heavy (non-hydrogen) atoms. The van der Waals surface area contributed by atoms with Crippen LogP contribution >= 0.6 is 34.8 Å². The first kappa shape index (κ1) is 22.5. The Balaban J connectivity index is 1.46. The van der Waals surface area contributed by atoms with Gasteiger partial charge in [0.05, 0.1) is 34.2 Å². The normalized spacial score (nSPS) is 11.3. The molecule has 5 aromatic rings. The molecule has 0 fully saturated rings. The molecule has 5 rings (SSSR count). The van der Waals surface area contributed by atoms with Crippen LogP contribution in [0.2, 0.25) is 15.1 Å². The molecule has 0 amide bonds. The molecule has 9 heteroatoms. The fourth-order valence-electron chi connectivity index (χ4n) is 3.81. The van der Waals surface area contributed by atoms with Gasteiger partial charge in [-0.15, -0.1) is 0 Å². The number of hydrogen-bond donors (Lipinski definition) is 1. The van der Waals surface area contributed by atoms with Gasteiger partial charge in [0.2, 0.25) is 17.2 Å². The summed E-state index contributed by atoms with van der Waals surface area (Å²) in [6.07, 6.45) is 0. The van der Waals surface area contributed by atoms with E-state index in [1.807, 2.05) is 53.1 Å². The number of imidazole rings is 1. The van der Waals surface area contributed by atoms with Gasteiger partial charge in [0.15, 0.2) is 0 Å². The first-order valence-electron chi connectivity index (χ1n) is 10.3. The second-order valence-electron chi connectivity index (χ2n) is 7.74. The van der Waals surface area contributed by atoms with Gasteiger partial charge < -0.3 is 13.7 Å². The van der Waals surface area contributed by atoms with E-state index in [4.69, 9.17) is 44.7 Å². The summed E-state index contributed by atoms with van der Waals surface area (Å²) in [7, 11) is 0. The third kappa shape index (κ3) is 4.28. The lowest BCUT2D eigenvalue weighted by molar-refractivity contribution is 0.0935. The number of benzene rings is 3. The van der Waals surface area contributed by atoms with Crippen LogP contribution in [0, 0.1) is 5.41 Å². The average Bonchev–Trinajstić information content (AvgIpc) is 3.42. The highest BCUT2D eigenvalue weighted by atomic mass is 35.5. The number of carbonyl (C=O) groups is 1. The first-order chi connectivity index (χ1) is 16.4. The largest absolute Gasteiger partial charge is 0.352 e. The van der Waals surface area contributed by atoms with Crippen LogP contribution in [0.25, 0.3) is 22.3 Å². The zero-order valence-corrected chi connectivity index (χ0v) is 19.9. The Labute approximate surface area is 209 Å². The van der Waals surface area contributed by atoms with Crippen LogP contribution in [0.5, 0.6) is 0 Å². The van der Waals surface area contributed by atoms with Gasteiger partial charge in [-0.05, 0) is 42.0 Å². The summed E-state index contributed by atoms with van der Waals surface area (Å²) in [5, 5.41) is 14.3. The number of para-hydroxylation sites is 2. The van der Waals surface area contributed by atoms with Crippen molar-refractivity contribution in [3.05, 3.63) is 105 Å². The Morgan fingerprint density at radius 1 is 0.882 bits per heavy atom. The Hall–Kier alpha value is -3.32. The molecule has 1 N–H and O–H groups in total. The quantitative estimate of drug-likeness (QED) is 0.265. The molecule has 0 aliphatic carbocycles. The van der Waals surface area contributed by atoms with Gasteiger partial charge in [0, 0.05) is 16.7 Å². The molecular formula is C25H17Cl3N4O2. The summed E-state index contributed by atoms with van der Waals surface area (Å²) in [5.74, 6) is -0.200. The van der Waals surface area contributed by atoms with Gasteiger partial charge in [-0.3, -0.25) is 10.2 Å². The highest BCUT2D eigenvalue weighted by Gasteiger charge is 2.19. The minimum absolute atomic E-state index is 0.0665. The number of carbonyl (C=O) groups excluding carboxylic acids is 1.